The van der Waals surface area contributed by atoms with E-state index in [4.69, 9.17) is 0 Å². The van der Waals surface area contributed by atoms with Gasteiger partial charge in [-0.05, 0) is 53.7 Å². The predicted molar refractivity (Wildman–Crippen MR) is 80.0 cm³/mol. The zero-order valence-corrected chi connectivity index (χ0v) is 12.2. The smallest absolute Gasteiger partial charge is 0.0190 e. The molecule has 0 spiro atoms. The van der Waals surface area contributed by atoms with E-state index in [1.54, 1.807) is 11.1 Å². The molecule has 18 heavy (non-hydrogen) atoms. The molecular formula is C18H26. The molecule has 0 saturated heterocycles. The molecule has 0 N–H and O–H groups in total. The standard InChI is InChI=1S/C18H26/c1-13(2)5-6-15-7-8-18-12-16(14(3)4)9-10-17(18)11-15/h5-6,9-10,12-15H,7-8,11H2,1-4H3. The summed E-state index contributed by atoms with van der Waals surface area (Å²) in [5, 5.41) is 0. The van der Waals surface area contributed by atoms with E-state index in [0.717, 1.165) is 5.92 Å². The van der Waals surface area contributed by atoms with Crippen LogP contribution >= 0.6 is 0 Å². The summed E-state index contributed by atoms with van der Waals surface area (Å²) >= 11 is 0. The normalized spacial score (nSPS) is 19.8. The second-order valence-corrected chi connectivity index (χ2v) is 6.31. The van der Waals surface area contributed by atoms with Crippen molar-refractivity contribution < 1.29 is 0 Å². The van der Waals surface area contributed by atoms with Crippen LogP contribution in [0.1, 0.15) is 56.7 Å². The first-order valence-electron chi connectivity index (χ1n) is 7.36. The molecule has 2 rings (SSSR count). The van der Waals surface area contributed by atoms with E-state index in [-0.39, 0.29) is 0 Å². The lowest BCUT2D eigenvalue weighted by Gasteiger charge is -2.23. The van der Waals surface area contributed by atoms with Crippen molar-refractivity contribution in [3.05, 3.63) is 47.0 Å². The van der Waals surface area contributed by atoms with Gasteiger partial charge in [0.05, 0.1) is 0 Å². The number of aryl methyl sites for hydroxylation is 1. The monoisotopic (exact) mass is 242 g/mol. The summed E-state index contributed by atoms with van der Waals surface area (Å²) in [5.41, 5.74) is 4.66. The van der Waals surface area contributed by atoms with Crippen LogP contribution < -0.4 is 0 Å². The van der Waals surface area contributed by atoms with Crippen LogP contribution in [0.15, 0.2) is 30.4 Å². The van der Waals surface area contributed by atoms with Crippen LogP contribution in [0.4, 0.5) is 0 Å². The Hall–Kier alpha value is -1.04. The van der Waals surface area contributed by atoms with Crippen molar-refractivity contribution in [3.8, 4) is 0 Å². The third kappa shape index (κ3) is 3.25. The van der Waals surface area contributed by atoms with E-state index in [9.17, 15) is 0 Å². The Balaban J connectivity index is 2.11. The van der Waals surface area contributed by atoms with E-state index in [2.05, 4.69) is 58.0 Å². The van der Waals surface area contributed by atoms with Gasteiger partial charge in [-0.3, -0.25) is 0 Å². The summed E-state index contributed by atoms with van der Waals surface area (Å²) in [6, 6.07) is 7.11. The minimum atomic E-state index is 0.647. The Kier molecular flexibility index (Phi) is 4.27. The first-order chi connectivity index (χ1) is 8.56. The first-order valence-corrected chi connectivity index (χ1v) is 7.36. The topological polar surface area (TPSA) is 0 Å². The maximum atomic E-state index is 2.43. The number of hydrogen-bond acceptors (Lipinski definition) is 0. The molecule has 0 fully saturated rings. The van der Waals surface area contributed by atoms with Crippen LogP contribution in [0, 0.1) is 11.8 Å². The quantitative estimate of drug-likeness (QED) is 0.645. The maximum Gasteiger partial charge on any atom is -0.0190 e. The minimum Gasteiger partial charge on any atom is -0.0857 e. The lowest BCUT2D eigenvalue weighted by atomic mass is 9.82. The van der Waals surface area contributed by atoms with Crippen molar-refractivity contribution in [2.75, 3.05) is 0 Å². The van der Waals surface area contributed by atoms with E-state index < -0.39 is 0 Å². The molecule has 0 aliphatic heterocycles. The number of rotatable bonds is 3. The molecule has 1 aliphatic rings. The number of allylic oxidation sites excluding steroid dienone is 2. The second-order valence-electron chi connectivity index (χ2n) is 6.31. The lowest BCUT2D eigenvalue weighted by molar-refractivity contribution is 0.548. The molecule has 0 saturated carbocycles. The molecule has 0 amide bonds. The van der Waals surface area contributed by atoms with Gasteiger partial charge >= 0.3 is 0 Å². The SMILES string of the molecule is CC(C)C=CC1CCc2cc(C(C)C)ccc2C1. The fraction of sp³-hybridized carbons (Fsp3) is 0.556. The van der Waals surface area contributed by atoms with E-state index in [0.29, 0.717) is 11.8 Å². The molecule has 1 unspecified atom stereocenters. The van der Waals surface area contributed by atoms with E-state index >= 15 is 0 Å². The van der Waals surface area contributed by atoms with Crippen LogP contribution in [0.2, 0.25) is 0 Å². The third-order valence-corrected chi connectivity index (χ3v) is 3.93. The number of benzene rings is 1. The highest BCUT2D eigenvalue weighted by atomic mass is 14.2. The first kappa shape index (κ1) is 13.4. The van der Waals surface area contributed by atoms with Crippen LogP contribution in [0.25, 0.3) is 0 Å². The molecule has 1 aliphatic carbocycles. The van der Waals surface area contributed by atoms with Gasteiger partial charge in [0.15, 0.2) is 0 Å². The van der Waals surface area contributed by atoms with Gasteiger partial charge in [0.1, 0.15) is 0 Å². The van der Waals surface area contributed by atoms with Gasteiger partial charge in [0, 0.05) is 0 Å². The Bertz CT molecular complexity index is 424. The maximum absolute atomic E-state index is 2.43. The van der Waals surface area contributed by atoms with Crippen molar-refractivity contribution in [1.29, 1.82) is 0 Å². The summed E-state index contributed by atoms with van der Waals surface area (Å²) in [7, 11) is 0. The zero-order valence-electron chi connectivity index (χ0n) is 12.2. The van der Waals surface area contributed by atoms with Gasteiger partial charge in [0.2, 0.25) is 0 Å². The van der Waals surface area contributed by atoms with Crippen molar-refractivity contribution >= 4 is 0 Å². The van der Waals surface area contributed by atoms with E-state index in [1.165, 1.54) is 24.8 Å². The fourth-order valence-electron chi connectivity index (χ4n) is 2.71. The Morgan fingerprint density at radius 1 is 1.11 bits per heavy atom. The van der Waals surface area contributed by atoms with Crippen LogP contribution in [0.5, 0.6) is 0 Å². The molecule has 1 aromatic rings. The molecule has 0 bridgehead atoms. The largest absolute Gasteiger partial charge is 0.0857 e. The Morgan fingerprint density at radius 3 is 2.56 bits per heavy atom. The summed E-state index contributed by atoms with van der Waals surface area (Å²) < 4.78 is 0. The average molecular weight is 242 g/mol. The second kappa shape index (κ2) is 5.73. The van der Waals surface area contributed by atoms with Gasteiger partial charge in [-0.25, -0.2) is 0 Å². The highest BCUT2D eigenvalue weighted by Crippen LogP contribution is 2.29. The highest BCUT2D eigenvalue weighted by molar-refractivity contribution is 5.36. The molecule has 0 radical (unpaired) electrons. The van der Waals surface area contributed by atoms with Gasteiger partial charge in [-0.1, -0.05) is 58.0 Å². The number of fused-ring (bicyclic) bond motifs is 1. The third-order valence-electron chi connectivity index (χ3n) is 3.93. The lowest BCUT2D eigenvalue weighted by Crippen LogP contribution is -2.13. The summed E-state index contributed by atoms with van der Waals surface area (Å²) in [6.45, 7) is 9.06. The number of hydrogen-bond donors (Lipinski definition) is 0. The molecule has 0 heterocycles. The van der Waals surface area contributed by atoms with Gasteiger partial charge in [0.25, 0.3) is 0 Å². The highest BCUT2D eigenvalue weighted by Gasteiger charge is 2.17. The predicted octanol–water partition coefficient (Wildman–Crippen LogP) is 5.13. The Labute approximate surface area is 112 Å². The van der Waals surface area contributed by atoms with Crippen molar-refractivity contribution in [2.45, 2.75) is 52.9 Å². The van der Waals surface area contributed by atoms with Gasteiger partial charge < -0.3 is 0 Å². The molecule has 0 heteroatoms. The summed E-state index contributed by atoms with van der Waals surface area (Å²) in [5.74, 6) is 2.08. The van der Waals surface area contributed by atoms with Crippen LogP contribution in [0.3, 0.4) is 0 Å². The minimum absolute atomic E-state index is 0.647. The van der Waals surface area contributed by atoms with Crippen LogP contribution in [-0.2, 0) is 12.8 Å². The van der Waals surface area contributed by atoms with Gasteiger partial charge in [-0.15, -0.1) is 0 Å². The molecule has 0 aromatic heterocycles. The van der Waals surface area contributed by atoms with Crippen molar-refractivity contribution in [3.63, 3.8) is 0 Å². The van der Waals surface area contributed by atoms with Crippen LogP contribution in [-0.4, -0.2) is 0 Å². The van der Waals surface area contributed by atoms with Gasteiger partial charge in [-0.2, -0.15) is 0 Å². The average Bonchev–Trinajstić information content (AvgIpc) is 2.35. The van der Waals surface area contributed by atoms with Crippen molar-refractivity contribution in [2.24, 2.45) is 11.8 Å². The molecular weight excluding hydrogens is 216 g/mol. The summed E-state index contributed by atoms with van der Waals surface area (Å²) in [6.07, 6.45) is 8.60. The molecule has 1 aromatic carbocycles. The Morgan fingerprint density at radius 2 is 1.89 bits per heavy atom. The zero-order chi connectivity index (χ0) is 13.1. The molecule has 0 nitrogen and oxygen atoms in total. The summed E-state index contributed by atoms with van der Waals surface area (Å²) in [4.78, 5) is 0. The van der Waals surface area contributed by atoms with Crippen molar-refractivity contribution in [1.82, 2.24) is 0 Å². The molecule has 1 atom stereocenters. The van der Waals surface area contributed by atoms with E-state index in [1.807, 2.05) is 0 Å². The molecule has 98 valence electrons. The fourth-order valence-corrected chi connectivity index (χ4v) is 2.71.